The van der Waals surface area contributed by atoms with Gasteiger partial charge < -0.3 is 4.90 Å². The second-order valence-electron chi connectivity index (χ2n) is 5.52. The predicted octanol–water partition coefficient (Wildman–Crippen LogP) is 1.42. The van der Waals surface area contributed by atoms with E-state index >= 15 is 0 Å². The lowest BCUT2D eigenvalue weighted by Crippen LogP contribution is -2.38. The molecule has 2 aliphatic rings. The lowest BCUT2D eigenvalue weighted by atomic mass is 10.1. The molecule has 1 saturated heterocycles. The summed E-state index contributed by atoms with van der Waals surface area (Å²) in [7, 11) is 0. The molecule has 1 saturated carbocycles. The molecule has 1 aliphatic carbocycles. The van der Waals surface area contributed by atoms with Gasteiger partial charge in [-0.05, 0) is 25.8 Å². The Bertz CT molecular complexity index is 278. The van der Waals surface area contributed by atoms with Crippen molar-refractivity contribution >= 4 is 5.91 Å². The number of likely N-dealkylation sites (N-methyl/N-ethyl adjacent to an activating group) is 1. The molecule has 0 aromatic carbocycles. The second kappa shape index (κ2) is 6.53. The maximum atomic E-state index is 12.1. The van der Waals surface area contributed by atoms with Crippen molar-refractivity contribution in [3.63, 3.8) is 0 Å². The Hall–Kier alpha value is -0.610. The molecule has 0 aromatic heterocycles. The molecular weight excluding hydrogens is 226 g/mol. The Morgan fingerprint density at radius 1 is 1.39 bits per heavy atom. The van der Waals surface area contributed by atoms with Crippen molar-refractivity contribution in [2.45, 2.75) is 58.0 Å². The van der Waals surface area contributed by atoms with Gasteiger partial charge in [-0.25, -0.2) is 0 Å². The molecule has 4 heteroatoms. The number of hydrogen-bond acceptors (Lipinski definition) is 3. The van der Waals surface area contributed by atoms with E-state index in [1.165, 1.54) is 12.8 Å². The van der Waals surface area contributed by atoms with E-state index in [4.69, 9.17) is 0 Å². The van der Waals surface area contributed by atoms with E-state index in [9.17, 15) is 4.79 Å². The van der Waals surface area contributed by atoms with Crippen LogP contribution in [0.25, 0.3) is 0 Å². The topological polar surface area (TPSA) is 35.6 Å². The quantitative estimate of drug-likeness (QED) is 0.710. The van der Waals surface area contributed by atoms with E-state index in [0.29, 0.717) is 5.91 Å². The minimum Gasteiger partial charge on any atom is -0.327 e. The van der Waals surface area contributed by atoms with E-state index < -0.39 is 0 Å². The van der Waals surface area contributed by atoms with Crippen LogP contribution >= 0.6 is 0 Å². The van der Waals surface area contributed by atoms with Crippen LogP contribution in [-0.2, 0) is 4.79 Å². The van der Waals surface area contributed by atoms with Gasteiger partial charge in [-0.2, -0.15) is 0 Å². The highest BCUT2D eigenvalue weighted by atomic mass is 16.2. The molecule has 1 unspecified atom stereocenters. The van der Waals surface area contributed by atoms with Crippen LogP contribution in [0.15, 0.2) is 0 Å². The Balaban J connectivity index is 1.71. The van der Waals surface area contributed by atoms with E-state index in [-0.39, 0.29) is 6.04 Å². The summed E-state index contributed by atoms with van der Waals surface area (Å²) in [5, 5.41) is 3.34. The van der Waals surface area contributed by atoms with E-state index in [1.807, 2.05) is 4.90 Å². The molecular formula is C14H27N3O. The molecule has 1 amide bonds. The summed E-state index contributed by atoms with van der Waals surface area (Å²) in [5.41, 5.74) is 0. The van der Waals surface area contributed by atoms with Crippen LogP contribution in [-0.4, -0.2) is 54.1 Å². The number of unbranched alkanes of at least 4 members (excludes halogenated alkanes) is 1. The Kier molecular flexibility index (Phi) is 5.01. The fourth-order valence-corrected chi connectivity index (χ4v) is 2.72. The van der Waals surface area contributed by atoms with Crippen LogP contribution in [0.5, 0.6) is 0 Å². The molecule has 1 aliphatic heterocycles. The molecule has 2 fully saturated rings. The molecule has 1 heterocycles. The van der Waals surface area contributed by atoms with Crippen LogP contribution in [0.2, 0.25) is 0 Å². The van der Waals surface area contributed by atoms with Gasteiger partial charge in [0.05, 0.1) is 12.7 Å². The smallest absolute Gasteiger partial charge is 0.240 e. The van der Waals surface area contributed by atoms with Crippen molar-refractivity contribution < 1.29 is 4.79 Å². The highest BCUT2D eigenvalue weighted by Gasteiger charge is 2.32. The number of nitrogens with zero attached hydrogens (tertiary/aromatic N) is 2. The lowest BCUT2D eigenvalue weighted by Gasteiger charge is -2.23. The zero-order valence-corrected chi connectivity index (χ0v) is 11.8. The highest BCUT2D eigenvalue weighted by molar-refractivity contribution is 5.83. The largest absolute Gasteiger partial charge is 0.327 e. The van der Waals surface area contributed by atoms with Gasteiger partial charge >= 0.3 is 0 Å². The van der Waals surface area contributed by atoms with Crippen molar-refractivity contribution in [2.75, 3.05) is 26.3 Å². The number of carbonyl (C=O) groups is 1. The fourth-order valence-electron chi connectivity index (χ4n) is 2.72. The summed E-state index contributed by atoms with van der Waals surface area (Å²) in [6.45, 7) is 8.17. The van der Waals surface area contributed by atoms with Crippen molar-refractivity contribution in [2.24, 2.45) is 0 Å². The fraction of sp³-hybridized carbons (Fsp3) is 0.929. The van der Waals surface area contributed by atoms with Crippen LogP contribution in [0.4, 0.5) is 0 Å². The molecule has 1 atom stereocenters. The van der Waals surface area contributed by atoms with Gasteiger partial charge in [0.1, 0.15) is 0 Å². The SMILES string of the molecule is CCCCC1NCN(CCN(CC)C2CC2)C1=O. The third-order valence-corrected chi connectivity index (χ3v) is 4.11. The molecule has 4 nitrogen and oxygen atoms in total. The molecule has 0 spiro atoms. The Labute approximate surface area is 111 Å². The normalized spacial score (nSPS) is 24.3. The van der Waals surface area contributed by atoms with Crippen molar-refractivity contribution in [3.8, 4) is 0 Å². The van der Waals surface area contributed by atoms with Crippen LogP contribution < -0.4 is 5.32 Å². The zero-order valence-electron chi connectivity index (χ0n) is 11.8. The molecule has 0 aromatic rings. The number of hydrogen-bond donors (Lipinski definition) is 1. The summed E-state index contributed by atoms with van der Waals surface area (Å²) in [4.78, 5) is 16.6. The van der Waals surface area contributed by atoms with Crippen molar-refractivity contribution in [3.05, 3.63) is 0 Å². The van der Waals surface area contributed by atoms with Crippen LogP contribution in [0.1, 0.15) is 46.0 Å². The first kappa shape index (κ1) is 13.8. The zero-order chi connectivity index (χ0) is 13.0. The minimum absolute atomic E-state index is 0.0842. The van der Waals surface area contributed by atoms with Gasteiger partial charge in [-0.3, -0.25) is 15.0 Å². The van der Waals surface area contributed by atoms with E-state index in [1.54, 1.807) is 0 Å². The molecule has 104 valence electrons. The van der Waals surface area contributed by atoms with E-state index in [2.05, 4.69) is 24.1 Å². The van der Waals surface area contributed by atoms with Crippen molar-refractivity contribution in [1.82, 2.24) is 15.1 Å². The van der Waals surface area contributed by atoms with Crippen LogP contribution in [0, 0.1) is 0 Å². The second-order valence-corrected chi connectivity index (χ2v) is 5.52. The summed E-state index contributed by atoms with van der Waals surface area (Å²) >= 11 is 0. The molecule has 0 bridgehead atoms. The number of carbonyl (C=O) groups excluding carboxylic acids is 1. The first-order chi connectivity index (χ1) is 8.76. The number of rotatable bonds is 8. The molecule has 1 N–H and O–H groups in total. The summed E-state index contributed by atoms with van der Waals surface area (Å²) in [6, 6.07) is 0.887. The standard InChI is InChI=1S/C14H27N3O/c1-3-5-6-13-14(18)17(11-15-13)10-9-16(4-2)12-7-8-12/h12-13,15H,3-11H2,1-2H3. The molecule has 0 radical (unpaired) electrons. The van der Waals surface area contributed by atoms with Gasteiger partial charge in [0.25, 0.3) is 0 Å². The molecule has 18 heavy (non-hydrogen) atoms. The van der Waals surface area contributed by atoms with Crippen LogP contribution in [0.3, 0.4) is 0 Å². The summed E-state index contributed by atoms with van der Waals surface area (Å²) in [6.07, 6.45) is 5.99. The summed E-state index contributed by atoms with van der Waals surface area (Å²) < 4.78 is 0. The average Bonchev–Trinajstić information content (AvgIpc) is 3.15. The van der Waals surface area contributed by atoms with Gasteiger partial charge in [0, 0.05) is 19.1 Å². The summed E-state index contributed by atoms with van der Waals surface area (Å²) in [5.74, 6) is 0.315. The minimum atomic E-state index is 0.0842. The van der Waals surface area contributed by atoms with Gasteiger partial charge in [-0.15, -0.1) is 0 Å². The van der Waals surface area contributed by atoms with Gasteiger partial charge in [0.15, 0.2) is 0 Å². The van der Waals surface area contributed by atoms with E-state index in [0.717, 1.165) is 51.6 Å². The van der Waals surface area contributed by atoms with Gasteiger partial charge in [0.2, 0.25) is 5.91 Å². The maximum Gasteiger partial charge on any atom is 0.240 e. The lowest BCUT2D eigenvalue weighted by molar-refractivity contribution is -0.129. The monoisotopic (exact) mass is 253 g/mol. The predicted molar refractivity (Wildman–Crippen MR) is 73.3 cm³/mol. The number of nitrogens with one attached hydrogen (secondary N) is 1. The first-order valence-electron chi connectivity index (χ1n) is 7.52. The highest BCUT2D eigenvalue weighted by Crippen LogP contribution is 2.26. The van der Waals surface area contributed by atoms with Gasteiger partial charge in [-0.1, -0.05) is 26.7 Å². The first-order valence-corrected chi connectivity index (χ1v) is 7.52. The Morgan fingerprint density at radius 2 is 2.17 bits per heavy atom. The number of amides is 1. The van der Waals surface area contributed by atoms with Crippen molar-refractivity contribution in [1.29, 1.82) is 0 Å². The average molecular weight is 253 g/mol. The third kappa shape index (κ3) is 3.45. The Morgan fingerprint density at radius 3 is 2.78 bits per heavy atom. The molecule has 2 rings (SSSR count). The third-order valence-electron chi connectivity index (χ3n) is 4.11. The maximum absolute atomic E-state index is 12.1.